The number of nitrogens with zero attached hydrogens (tertiary/aromatic N) is 7. The zero-order valence-corrected chi connectivity index (χ0v) is 25.8. The molecule has 10 nitrogen and oxygen atoms in total. The number of aromatic nitrogens is 5. The second-order valence-corrected chi connectivity index (χ2v) is 12.3. The summed E-state index contributed by atoms with van der Waals surface area (Å²) < 4.78 is 12.1. The summed E-state index contributed by atoms with van der Waals surface area (Å²) in [5.41, 5.74) is 4.93. The van der Waals surface area contributed by atoms with Crippen molar-refractivity contribution >= 4 is 39.5 Å². The Hall–Kier alpha value is -3.80. The first-order chi connectivity index (χ1) is 20.3. The molecule has 1 aliphatic heterocycles. The molecule has 1 fully saturated rings. The number of hydrogen-bond donors (Lipinski definition) is 1. The number of thiazole rings is 1. The molecule has 1 saturated heterocycles. The number of hydrogen-bond acceptors (Lipinski definition) is 7. The first-order valence-corrected chi connectivity index (χ1v) is 15.4. The average Bonchev–Trinajstić information content (AvgIpc) is 3.65. The summed E-state index contributed by atoms with van der Waals surface area (Å²) in [4.78, 5) is 22.7. The largest absolute Gasteiger partial charge is 0.492 e. The van der Waals surface area contributed by atoms with E-state index in [-0.39, 0.29) is 5.91 Å². The van der Waals surface area contributed by atoms with E-state index in [2.05, 4.69) is 64.1 Å². The van der Waals surface area contributed by atoms with Crippen LogP contribution in [0.1, 0.15) is 46.6 Å². The van der Waals surface area contributed by atoms with Crippen LogP contribution < -0.4 is 14.6 Å². The van der Waals surface area contributed by atoms with Crippen LogP contribution in [-0.4, -0.2) is 81.3 Å². The van der Waals surface area contributed by atoms with Crippen molar-refractivity contribution in [2.45, 2.75) is 33.2 Å². The molecule has 1 aliphatic rings. The van der Waals surface area contributed by atoms with Gasteiger partial charge in [0.2, 0.25) is 10.7 Å². The van der Waals surface area contributed by atoms with Crippen molar-refractivity contribution in [1.29, 1.82) is 0 Å². The zero-order chi connectivity index (χ0) is 29.4. The molecule has 0 atom stereocenters. The van der Waals surface area contributed by atoms with Crippen molar-refractivity contribution in [3.63, 3.8) is 0 Å². The summed E-state index contributed by atoms with van der Waals surface area (Å²) in [6.45, 7) is 12.9. The third-order valence-corrected chi connectivity index (χ3v) is 9.45. The molecule has 1 aromatic carbocycles. The smallest absolute Gasteiger partial charge is 0.274 e. The molecule has 0 radical (unpaired) electrons. The Morgan fingerprint density at radius 1 is 1.19 bits per heavy atom. The van der Waals surface area contributed by atoms with E-state index < -0.39 is 0 Å². The lowest BCUT2D eigenvalue weighted by atomic mass is 10.1. The van der Waals surface area contributed by atoms with Crippen molar-refractivity contribution in [1.82, 2.24) is 29.0 Å². The van der Waals surface area contributed by atoms with Gasteiger partial charge in [0.1, 0.15) is 37.3 Å². The molecule has 4 aromatic heterocycles. The highest BCUT2D eigenvalue weighted by Crippen LogP contribution is 2.28. The molecule has 0 unspecified atom stereocenters. The van der Waals surface area contributed by atoms with E-state index in [1.165, 1.54) is 10.7 Å². The third kappa shape index (κ3) is 5.64. The van der Waals surface area contributed by atoms with Gasteiger partial charge in [-0.1, -0.05) is 31.3 Å². The van der Waals surface area contributed by atoms with Crippen LogP contribution in [0.25, 0.3) is 16.6 Å². The normalized spacial score (nSPS) is 14.8. The topological polar surface area (TPSA) is 83.8 Å². The van der Waals surface area contributed by atoms with Crippen LogP contribution in [0.4, 0.5) is 5.69 Å². The molecule has 42 heavy (non-hydrogen) atoms. The molecule has 6 rings (SSSR count). The second-order valence-electron chi connectivity index (χ2n) is 11.4. The Labute approximate surface area is 250 Å². The average molecular weight is 588 g/mol. The Bertz CT molecular complexity index is 1730. The van der Waals surface area contributed by atoms with Crippen LogP contribution in [0.3, 0.4) is 0 Å². The first-order valence-electron chi connectivity index (χ1n) is 14.5. The van der Waals surface area contributed by atoms with Gasteiger partial charge in [-0.05, 0) is 32.2 Å². The highest BCUT2D eigenvalue weighted by Gasteiger charge is 2.22. The predicted molar refractivity (Wildman–Crippen MR) is 166 cm³/mol. The summed E-state index contributed by atoms with van der Waals surface area (Å²) in [5, 5.41) is 12.5. The van der Waals surface area contributed by atoms with Crippen LogP contribution in [0.2, 0.25) is 0 Å². The van der Waals surface area contributed by atoms with Gasteiger partial charge in [0.25, 0.3) is 5.91 Å². The number of aryl methyl sites for hydroxylation is 1. The van der Waals surface area contributed by atoms with Crippen LogP contribution in [0.5, 0.6) is 5.75 Å². The number of piperazine rings is 1. The minimum Gasteiger partial charge on any atom is -0.492 e. The molecule has 0 aliphatic carbocycles. The summed E-state index contributed by atoms with van der Waals surface area (Å²) in [7, 11) is 4.28. The number of imidazole rings is 1. The van der Waals surface area contributed by atoms with Gasteiger partial charge in [0, 0.05) is 56.3 Å². The SMILES string of the molecule is Cc1nn(Cc2csc(C(C)C)[n+]2C)c2cccc(NC(=O)c3cnc4cc(OCCN5CCN(C)CC5)ccn34)c12. The maximum absolute atomic E-state index is 13.5. The molecular formula is C31H39N8O2S+. The second kappa shape index (κ2) is 11.8. The maximum atomic E-state index is 13.5. The lowest BCUT2D eigenvalue weighted by Crippen LogP contribution is -2.45. The van der Waals surface area contributed by atoms with Gasteiger partial charge >= 0.3 is 0 Å². The maximum Gasteiger partial charge on any atom is 0.274 e. The lowest BCUT2D eigenvalue weighted by Gasteiger charge is -2.32. The van der Waals surface area contributed by atoms with Crippen molar-refractivity contribution in [3.8, 4) is 5.75 Å². The quantitative estimate of drug-likeness (QED) is 0.263. The van der Waals surface area contributed by atoms with Gasteiger partial charge < -0.3 is 15.0 Å². The van der Waals surface area contributed by atoms with Crippen LogP contribution in [-0.2, 0) is 13.6 Å². The number of pyridine rings is 1. The van der Waals surface area contributed by atoms with E-state index in [9.17, 15) is 4.79 Å². The summed E-state index contributed by atoms with van der Waals surface area (Å²) in [6.07, 6.45) is 3.45. The van der Waals surface area contributed by atoms with Crippen LogP contribution >= 0.6 is 11.3 Å². The molecule has 5 aromatic rings. The van der Waals surface area contributed by atoms with E-state index in [1.54, 1.807) is 21.9 Å². The van der Waals surface area contributed by atoms with E-state index in [0.717, 1.165) is 60.8 Å². The first kappa shape index (κ1) is 28.3. The summed E-state index contributed by atoms with van der Waals surface area (Å²) >= 11 is 1.78. The minimum atomic E-state index is -0.225. The fraction of sp³-hybridized carbons (Fsp3) is 0.419. The third-order valence-electron chi connectivity index (χ3n) is 8.07. The number of carbonyl (C=O) groups is 1. The number of ether oxygens (including phenoxy) is 1. The van der Waals surface area contributed by atoms with Gasteiger partial charge in [-0.3, -0.25) is 18.8 Å². The standard InChI is InChI=1S/C31H38N8O2S/c1-21(2)31-36(5)23(20-42-31)19-39-26-8-6-7-25(29(26)22(3)34-39)33-30(40)27-18-32-28-17-24(9-10-38(27)28)41-16-15-37-13-11-35(4)12-14-37/h6-10,17-18,20-21H,11-16,19H2,1-5H3/p+1. The Balaban J connectivity index is 1.16. The minimum absolute atomic E-state index is 0.225. The van der Waals surface area contributed by atoms with Crippen molar-refractivity contribution in [2.24, 2.45) is 7.05 Å². The molecule has 0 saturated carbocycles. The fourth-order valence-corrected chi connectivity index (χ4v) is 6.70. The van der Waals surface area contributed by atoms with Crippen molar-refractivity contribution < 1.29 is 14.1 Å². The molecule has 5 heterocycles. The van der Waals surface area contributed by atoms with Crippen molar-refractivity contribution in [2.75, 3.05) is 51.7 Å². The number of amides is 1. The lowest BCUT2D eigenvalue weighted by molar-refractivity contribution is -0.682. The molecule has 0 bridgehead atoms. The highest BCUT2D eigenvalue weighted by atomic mass is 32.1. The van der Waals surface area contributed by atoms with Gasteiger partial charge in [0.05, 0.1) is 28.5 Å². The van der Waals surface area contributed by atoms with Crippen molar-refractivity contribution in [3.05, 3.63) is 70.2 Å². The number of fused-ring (bicyclic) bond motifs is 2. The van der Waals surface area contributed by atoms with E-state index >= 15 is 0 Å². The number of nitrogens with one attached hydrogen (secondary N) is 1. The molecular weight excluding hydrogens is 548 g/mol. The Morgan fingerprint density at radius 2 is 2.00 bits per heavy atom. The molecule has 11 heteroatoms. The summed E-state index contributed by atoms with van der Waals surface area (Å²) in [5.74, 6) is 0.996. The number of likely N-dealkylation sites (N-methyl/N-ethyl adjacent to an activating group) is 1. The van der Waals surface area contributed by atoms with Gasteiger partial charge in [-0.25, -0.2) is 4.98 Å². The van der Waals surface area contributed by atoms with Gasteiger partial charge in [0.15, 0.2) is 0 Å². The van der Waals surface area contributed by atoms with Gasteiger partial charge in [-0.15, -0.1) is 0 Å². The number of anilines is 1. The van der Waals surface area contributed by atoms with E-state index in [0.29, 0.717) is 30.4 Å². The molecule has 1 amide bonds. The molecule has 220 valence electrons. The Morgan fingerprint density at radius 3 is 2.76 bits per heavy atom. The summed E-state index contributed by atoms with van der Waals surface area (Å²) in [6, 6.07) is 9.71. The number of carbonyl (C=O) groups excluding carboxylic acids is 1. The van der Waals surface area contributed by atoms with Crippen LogP contribution in [0, 0.1) is 6.92 Å². The highest BCUT2D eigenvalue weighted by molar-refractivity contribution is 7.09. The number of benzene rings is 1. The fourth-order valence-electron chi connectivity index (χ4n) is 5.66. The predicted octanol–water partition coefficient (Wildman–Crippen LogP) is 3.93. The molecule has 1 N–H and O–H groups in total. The monoisotopic (exact) mass is 587 g/mol. The Kier molecular flexibility index (Phi) is 7.98. The van der Waals surface area contributed by atoms with E-state index in [1.807, 2.05) is 42.1 Å². The molecule has 0 spiro atoms. The van der Waals surface area contributed by atoms with Crippen LogP contribution in [0.15, 0.2) is 48.1 Å². The van der Waals surface area contributed by atoms with E-state index in [4.69, 9.17) is 9.84 Å². The zero-order valence-electron chi connectivity index (χ0n) is 25.0. The number of rotatable bonds is 9. The van der Waals surface area contributed by atoms with Gasteiger partial charge in [-0.2, -0.15) is 9.67 Å².